The monoisotopic (exact) mass is 415 g/mol. The average molecular weight is 416 g/mol. The summed E-state index contributed by atoms with van der Waals surface area (Å²) in [5, 5.41) is 0. The number of piperazine rings is 1. The Hall–Kier alpha value is -2.38. The van der Waals surface area contributed by atoms with Crippen molar-refractivity contribution < 1.29 is 13.2 Å². The Bertz CT molecular complexity index is 979. The summed E-state index contributed by atoms with van der Waals surface area (Å²) in [5.41, 5.74) is 3.48. The number of hydrogen-bond donors (Lipinski definition) is 0. The molecule has 1 aliphatic heterocycles. The van der Waals surface area contributed by atoms with E-state index >= 15 is 0 Å². The lowest BCUT2D eigenvalue weighted by Gasteiger charge is -2.34. The summed E-state index contributed by atoms with van der Waals surface area (Å²) in [7, 11) is -1.55. The molecule has 29 heavy (non-hydrogen) atoms. The number of sulfonamides is 1. The zero-order chi connectivity index (χ0) is 21.2. The minimum Gasteiger partial charge on any atom is -0.375 e. The third-order valence-electron chi connectivity index (χ3n) is 5.50. The van der Waals surface area contributed by atoms with Gasteiger partial charge in [0, 0.05) is 51.0 Å². The summed E-state index contributed by atoms with van der Waals surface area (Å²) >= 11 is 0. The van der Waals surface area contributed by atoms with Crippen molar-refractivity contribution in [2.24, 2.45) is 0 Å². The maximum absolute atomic E-state index is 13.0. The van der Waals surface area contributed by atoms with E-state index < -0.39 is 10.0 Å². The number of benzene rings is 2. The third kappa shape index (κ3) is 4.46. The first-order valence-corrected chi connectivity index (χ1v) is 11.4. The van der Waals surface area contributed by atoms with Crippen molar-refractivity contribution in [3.05, 3.63) is 59.2 Å². The van der Waals surface area contributed by atoms with E-state index in [2.05, 4.69) is 11.8 Å². The fourth-order valence-electron chi connectivity index (χ4n) is 3.58. The van der Waals surface area contributed by atoms with E-state index in [0.29, 0.717) is 36.6 Å². The molecule has 7 heteroatoms. The molecule has 0 aliphatic carbocycles. The quantitative estimate of drug-likeness (QED) is 0.753. The van der Waals surface area contributed by atoms with Gasteiger partial charge in [0.1, 0.15) is 0 Å². The van der Waals surface area contributed by atoms with Gasteiger partial charge in [-0.1, -0.05) is 17.7 Å². The summed E-state index contributed by atoms with van der Waals surface area (Å²) in [6.07, 6.45) is 0. The van der Waals surface area contributed by atoms with Crippen molar-refractivity contribution >= 4 is 21.6 Å². The topological polar surface area (TPSA) is 60.9 Å². The molecule has 0 atom stereocenters. The van der Waals surface area contributed by atoms with Crippen molar-refractivity contribution in [3.63, 3.8) is 0 Å². The number of carbonyl (C=O) groups is 1. The van der Waals surface area contributed by atoms with Gasteiger partial charge in [-0.2, -0.15) is 4.31 Å². The molecule has 0 radical (unpaired) electrons. The highest BCUT2D eigenvalue weighted by atomic mass is 32.2. The van der Waals surface area contributed by atoms with Crippen molar-refractivity contribution in [1.29, 1.82) is 0 Å². The van der Waals surface area contributed by atoms with Gasteiger partial charge in [0.15, 0.2) is 0 Å². The molecule has 1 amide bonds. The highest BCUT2D eigenvalue weighted by Gasteiger charge is 2.31. The highest BCUT2D eigenvalue weighted by Crippen LogP contribution is 2.23. The molecule has 1 aliphatic rings. The first-order valence-electron chi connectivity index (χ1n) is 9.92. The Balaban J connectivity index is 1.67. The average Bonchev–Trinajstić information content (AvgIpc) is 2.72. The van der Waals surface area contributed by atoms with Crippen LogP contribution in [0, 0.1) is 13.8 Å². The molecule has 0 N–H and O–H groups in total. The van der Waals surface area contributed by atoms with Gasteiger partial charge < -0.3 is 9.80 Å². The number of anilines is 1. The third-order valence-corrected chi connectivity index (χ3v) is 7.56. The van der Waals surface area contributed by atoms with E-state index in [4.69, 9.17) is 0 Å². The van der Waals surface area contributed by atoms with E-state index in [1.54, 1.807) is 11.0 Å². The van der Waals surface area contributed by atoms with E-state index in [0.717, 1.165) is 23.4 Å². The Morgan fingerprint density at radius 2 is 1.62 bits per heavy atom. The van der Waals surface area contributed by atoms with Crippen LogP contribution in [0.1, 0.15) is 28.4 Å². The van der Waals surface area contributed by atoms with E-state index in [9.17, 15) is 13.2 Å². The molecular weight excluding hydrogens is 386 g/mol. The first kappa shape index (κ1) is 21.3. The summed E-state index contributed by atoms with van der Waals surface area (Å²) in [5.74, 6) is -0.0562. The lowest BCUT2D eigenvalue weighted by Crippen LogP contribution is -2.50. The van der Waals surface area contributed by atoms with E-state index in [1.165, 1.54) is 4.31 Å². The maximum Gasteiger partial charge on any atom is 0.253 e. The molecule has 1 fully saturated rings. The van der Waals surface area contributed by atoms with Gasteiger partial charge in [-0.25, -0.2) is 8.42 Å². The van der Waals surface area contributed by atoms with E-state index in [-0.39, 0.29) is 5.91 Å². The lowest BCUT2D eigenvalue weighted by molar-refractivity contribution is 0.0698. The molecule has 156 valence electrons. The van der Waals surface area contributed by atoms with Crippen LogP contribution >= 0.6 is 0 Å². The smallest absolute Gasteiger partial charge is 0.253 e. The van der Waals surface area contributed by atoms with Crippen LogP contribution in [0.3, 0.4) is 0 Å². The molecule has 0 spiro atoms. The molecule has 1 heterocycles. The van der Waals surface area contributed by atoms with Gasteiger partial charge in [0.05, 0.1) is 4.90 Å². The van der Waals surface area contributed by atoms with Gasteiger partial charge >= 0.3 is 0 Å². The van der Waals surface area contributed by atoms with Crippen LogP contribution in [0.25, 0.3) is 0 Å². The van der Waals surface area contributed by atoms with Crippen LogP contribution in [0.5, 0.6) is 0 Å². The number of amides is 1. The predicted octanol–water partition coefficient (Wildman–Crippen LogP) is 2.91. The minimum absolute atomic E-state index is 0.0562. The molecule has 2 aromatic rings. The number of nitrogens with zero attached hydrogens (tertiary/aromatic N) is 3. The Kier molecular flexibility index (Phi) is 6.29. The van der Waals surface area contributed by atoms with Crippen molar-refractivity contribution in [3.8, 4) is 0 Å². The van der Waals surface area contributed by atoms with Crippen LogP contribution in [0.2, 0.25) is 0 Å². The SMILES string of the molecule is CCN(C)c1ccc(C(=O)N2CCN(S(=O)(=O)c3ccc(C)cc3C)CC2)cc1. The Morgan fingerprint density at radius 3 is 2.17 bits per heavy atom. The van der Waals surface area contributed by atoms with Crippen molar-refractivity contribution in [2.45, 2.75) is 25.7 Å². The molecule has 3 rings (SSSR count). The molecule has 0 unspecified atom stereocenters. The van der Waals surface area contributed by atoms with Crippen LogP contribution in [-0.2, 0) is 10.0 Å². The number of carbonyl (C=O) groups excluding carboxylic acids is 1. The summed E-state index contributed by atoms with van der Waals surface area (Å²) in [4.78, 5) is 17.0. The first-order chi connectivity index (χ1) is 13.7. The maximum atomic E-state index is 13.0. The molecule has 0 aromatic heterocycles. The molecule has 0 bridgehead atoms. The molecule has 2 aromatic carbocycles. The number of aryl methyl sites for hydroxylation is 2. The number of hydrogen-bond acceptors (Lipinski definition) is 4. The predicted molar refractivity (Wildman–Crippen MR) is 116 cm³/mol. The minimum atomic E-state index is -3.55. The molecule has 6 nitrogen and oxygen atoms in total. The molecule has 0 saturated carbocycles. The van der Waals surface area contributed by atoms with Gasteiger partial charge in [0.25, 0.3) is 5.91 Å². The normalized spacial score (nSPS) is 15.4. The second kappa shape index (κ2) is 8.55. The molecular formula is C22H29N3O3S. The second-order valence-electron chi connectivity index (χ2n) is 7.53. The summed E-state index contributed by atoms with van der Waals surface area (Å²) in [6.45, 7) is 8.12. The fourth-order valence-corrected chi connectivity index (χ4v) is 5.21. The summed E-state index contributed by atoms with van der Waals surface area (Å²) < 4.78 is 27.5. The zero-order valence-corrected chi connectivity index (χ0v) is 18.4. The van der Waals surface area contributed by atoms with Gasteiger partial charge in [0.2, 0.25) is 10.0 Å². The van der Waals surface area contributed by atoms with Crippen LogP contribution in [0.4, 0.5) is 5.69 Å². The van der Waals surface area contributed by atoms with Crippen LogP contribution in [0.15, 0.2) is 47.4 Å². The summed E-state index contributed by atoms with van der Waals surface area (Å²) in [6, 6.07) is 12.9. The Labute approximate surface area is 173 Å². The van der Waals surface area contributed by atoms with Gasteiger partial charge in [-0.15, -0.1) is 0 Å². The van der Waals surface area contributed by atoms with Crippen LogP contribution < -0.4 is 4.90 Å². The fraction of sp³-hybridized carbons (Fsp3) is 0.409. The highest BCUT2D eigenvalue weighted by molar-refractivity contribution is 7.89. The largest absolute Gasteiger partial charge is 0.375 e. The lowest BCUT2D eigenvalue weighted by atomic mass is 10.1. The standard InChI is InChI=1S/C22H29N3O3S/c1-5-23(4)20-9-7-19(8-10-20)22(26)24-12-14-25(15-13-24)29(27,28)21-11-6-17(2)16-18(21)3/h6-11,16H,5,12-15H2,1-4H3. The molecule has 1 saturated heterocycles. The Morgan fingerprint density at radius 1 is 1.00 bits per heavy atom. The van der Waals surface area contributed by atoms with Crippen molar-refractivity contribution in [1.82, 2.24) is 9.21 Å². The second-order valence-corrected chi connectivity index (χ2v) is 9.43. The number of rotatable bonds is 5. The zero-order valence-electron chi connectivity index (χ0n) is 17.6. The van der Waals surface area contributed by atoms with Crippen LogP contribution in [-0.4, -0.2) is 63.3 Å². The van der Waals surface area contributed by atoms with Gasteiger partial charge in [-0.3, -0.25) is 4.79 Å². The van der Waals surface area contributed by atoms with Crippen molar-refractivity contribution in [2.75, 3.05) is 44.7 Å². The van der Waals surface area contributed by atoms with Gasteiger partial charge in [-0.05, 0) is 56.7 Å². The van der Waals surface area contributed by atoms with E-state index in [1.807, 2.05) is 57.3 Å².